The predicted octanol–water partition coefficient (Wildman–Crippen LogP) is 4.57. The molecule has 3 aromatic carbocycles. The van der Waals surface area contributed by atoms with Crippen LogP contribution in [0.25, 0.3) is 22.4 Å². The Bertz CT molecular complexity index is 1590. The minimum absolute atomic E-state index is 0.189. The van der Waals surface area contributed by atoms with Gasteiger partial charge in [0.05, 0.1) is 11.6 Å². The molecular weight excluding hydrogens is 446 g/mol. The Balaban J connectivity index is 1.42. The smallest absolute Gasteiger partial charge is 0.291 e. The summed E-state index contributed by atoms with van der Waals surface area (Å²) in [5.74, 6) is 1.81. The van der Waals surface area contributed by atoms with Crippen molar-refractivity contribution < 1.29 is 9.47 Å². The van der Waals surface area contributed by atoms with Crippen molar-refractivity contribution in [2.75, 3.05) is 7.11 Å². The molecule has 170 valence electrons. The summed E-state index contributed by atoms with van der Waals surface area (Å²) in [6, 6.07) is 21.7. The van der Waals surface area contributed by atoms with E-state index >= 15 is 0 Å². The van der Waals surface area contributed by atoms with E-state index in [1.165, 1.54) is 21.4 Å². The van der Waals surface area contributed by atoms with Crippen molar-refractivity contribution in [3.63, 3.8) is 0 Å². The summed E-state index contributed by atoms with van der Waals surface area (Å²) in [6.07, 6.45) is 1.82. The molecule has 2 aromatic heterocycles. The molecule has 0 saturated carbocycles. The van der Waals surface area contributed by atoms with Gasteiger partial charge in [-0.3, -0.25) is 4.79 Å². The van der Waals surface area contributed by atoms with Crippen LogP contribution in [-0.4, -0.2) is 21.7 Å². The highest BCUT2D eigenvalue weighted by Gasteiger charge is 2.13. The molecule has 5 rings (SSSR count). The Morgan fingerprint density at radius 2 is 1.79 bits per heavy atom. The van der Waals surface area contributed by atoms with Crippen molar-refractivity contribution in [2.45, 2.75) is 20.5 Å². The molecule has 0 bridgehead atoms. The fraction of sp³-hybridized carbons (Fsp3) is 0.148. The maximum Gasteiger partial charge on any atom is 0.291 e. The zero-order valence-corrected chi connectivity index (χ0v) is 19.9. The summed E-state index contributed by atoms with van der Waals surface area (Å²) in [6.45, 7) is 4.51. The minimum atomic E-state index is -0.189. The molecule has 0 N–H and O–H groups in total. The van der Waals surface area contributed by atoms with Crippen molar-refractivity contribution in [1.82, 2.24) is 14.6 Å². The van der Waals surface area contributed by atoms with Crippen LogP contribution in [0.4, 0.5) is 0 Å². The van der Waals surface area contributed by atoms with Gasteiger partial charge in [0, 0.05) is 5.56 Å². The van der Waals surface area contributed by atoms with E-state index in [9.17, 15) is 4.79 Å². The SMILES string of the molecule is COc1cc(/C=c2/sc3nc(-c4ccccc4C)nn3c2=O)ccc1OCc1ccc(C)cc1. The first-order valence-corrected chi connectivity index (χ1v) is 11.7. The zero-order chi connectivity index (χ0) is 23.7. The Morgan fingerprint density at radius 1 is 1.00 bits per heavy atom. The summed E-state index contributed by atoms with van der Waals surface area (Å²) in [7, 11) is 1.60. The van der Waals surface area contributed by atoms with Crippen LogP contribution in [0.15, 0.2) is 71.5 Å². The maximum atomic E-state index is 13.0. The number of ether oxygens (including phenoxy) is 2. The molecular formula is C27H23N3O3S. The van der Waals surface area contributed by atoms with Crippen LogP contribution in [0.2, 0.25) is 0 Å². The molecule has 0 fully saturated rings. The molecule has 6 nitrogen and oxygen atoms in total. The van der Waals surface area contributed by atoms with E-state index in [0.29, 0.717) is 33.4 Å². The number of benzene rings is 3. The van der Waals surface area contributed by atoms with Crippen LogP contribution < -0.4 is 19.6 Å². The molecule has 5 aromatic rings. The summed E-state index contributed by atoms with van der Waals surface area (Å²) in [4.78, 5) is 18.1. The Morgan fingerprint density at radius 3 is 2.53 bits per heavy atom. The lowest BCUT2D eigenvalue weighted by Gasteiger charge is -2.11. The Labute approximate surface area is 200 Å². The molecule has 0 aliphatic carbocycles. The molecule has 0 aliphatic heterocycles. The monoisotopic (exact) mass is 469 g/mol. The largest absolute Gasteiger partial charge is 0.493 e. The van der Waals surface area contributed by atoms with Gasteiger partial charge in [-0.05, 0) is 48.7 Å². The third-order valence-corrected chi connectivity index (χ3v) is 6.53. The summed E-state index contributed by atoms with van der Waals surface area (Å²) < 4.78 is 13.4. The van der Waals surface area contributed by atoms with Crippen molar-refractivity contribution in [1.29, 1.82) is 0 Å². The molecule has 0 saturated heterocycles. The summed E-state index contributed by atoms with van der Waals surface area (Å²) in [5, 5.41) is 4.45. The van der Waals surface area contributed by atoms with E-state index in [4.69, 9.17) is 9.47 Å². The first-order valence-electron chi connectivity index (χ1n) is 10.9. The van der Waals surface area contributed by atoms with E-state index < -0.39 is 0 Å². The fourth-order valence-electron chi connectivity index (χ4n) is 3.66. The molecule has 2 heterocycles. The summed E-state index contributed by atoms with van der Waals surface area (Å²) in [5.41, 5.74) is 4.93. The Hall–Kier alpha value is -3.97. The van der Waals surface area contributed by atoms with Crippen LogP contribution in [0.3, 0.4) is 0 Å². The summed E-state index contributed by atoms with van der Waals surface area (Å²) >= 11 is 1.32. The minimum Gasteiger partial charge on any atom is -0.493 e. The lowest BCUT2D eigenvalue weighted by molar-refractivity contribution is 0.284. The highest BCUT2D eigenvalue weighted by Crippen LogP contribution is 2.29. The van der Waals surface area contributed by atoms with Gasteiger partial charge in [0.2, 0.25) is 4.96 Å². The van der Waals surface area contributed by atoms with E-state index in [-0.39, 0.29) is 5.56 Å². The van der Waals surface area contributed by atoms with E-state index in [0.717, 1.165) is 22.3 Å². The van der Waals surface area contributed by atoms with E-state index in [2.05, 4.69) is 29.1 Å². The van der Waals surface area contributed by atoms with Crippen molar-refractivity contribution >= 4 is 22.4 Å². The van der Waals surface area contributed by atoms with Gasteiger partial charge in [-0.1, -0.05) is 71.5 Å². The lowest BCUT2D eigenvalue weighted by Crippen LogP contribution is -2.23. The zero-order valence-electron chi connectivity index (χ0n) is 19.1. The number of hydrogen-bond acceptors (Lipinski definition) is 6. The van der Waals surface area contributed by atoms with Gasteiger partial charge >= 0.3 is 0 Å². The topological polar surface area (TPSA) is 65.7 Å². The van der Waals surface area contributed by atoms with Crippen molar-refractivity contribution in [3.8, 4) is 22.9 Å². The Kier molecular flexibility index (Phi) is 5.86. The normalized spacial score (nSPS) is 11.8. The molecule has 34 heavy (non-hydrogen) atoms. The van der Waals surface area contributed by atoms with Gasteiger partial charge < -0.3 is 9.47 Å². The van der Waals surface area contributed by atoms with Crippen LogP contribution in [-0.2, 0) is 6.61 Å². The molecule has 0 radical (unpaired) electrons. The van der Waals surface area contributed by atoms with E-state index in [1.54, 1.807) is 7.11 Å². The van der Waals surface area contributed by atoms with Gasteiger partial charge in [0.1, 0.15) is 6.61 Å². The van der Waals surface area contributed by atoms with Crippen LogP contribution in [0.5, 0.6) is 11.5 Å². The number of thiazole rings is 1. The van der Waals surface area contributed by atoms with Gasteiger partial charge in [-0.15, -0.1) is 5.10 Å². The molecule has 0 unspecified atom stereocenters. The highest BCUT2D eigenvalue weighted by atomic mass is 32.1. The first-order chi connectivity index (χ1) is 16.5. The molecule has 7 heteroatoms. The van der Waals surface area contributed by atoms with Gasteiger partial charge in [0.25, 0.3) is 5.56 Å². The number of nitrogens with zero attached hydrogens (tertiary/aromatic N) is 3. The third kappa shape index (κ3) is 4.30. The maximum absolute atomic E-state index is 13.0. The van der Waals surface area contributed by atoms with E-state index in [1.807, 2.05) is 67.6 Å². The molecule has 0 aliphatic rings. The fourth-order valence-corrected chi connectivity index (χ4v) is 4.57. The first kappa shape index (κ1) is 21.9. The quantitative estimate of drug-likeness (QED) is 0.365. The standard InChI is InChI=1S/C27H23N3O3S/c1-17-8-10-19(11-9-17)16-33-22-13-12-20(14-23(22)32-3)15-24-26(31)30-27(34-24)28-25(29-30)21-7-5-4-6-18(21)2/h4-15H,16H2,1-3H3/b24-15+. The van der Waals surface area contributed by atoms with Crippen molar-refractivity contribution in [2.24, 2.45) is 0 Å². The van der Waals surface area contributed by atoms with Crippen LogP contribution in [0.1, 0.15) is 22.3 Å². The number of methoxy groups -OCH3 is 1. The number of fused-ring (bicyclic) bond motifs is 1. The number of rotatable bonds is 6. The number of aromatic nitrogens is 3. The number of hydrogen-bond donors (Lipinski definition) is 0. The third-order valence-electron chi connectivity index (χ3n) is 5.57. The second-order valence-corrected chi connectivity index (χ2v) is 9.05. The number of aryl methyl sites for hydroxylation is 2. The van der Waals surface area contributed by atoms with Gasteiger partial charge in [-0.25, -0.2) is 0 Å². The highest BCUT2D eigenvalue weighted by molar-refractivity contribution is 7.15. The lowest BCUT2D eigenvalue weighted by atomic mass is 10.1. The van der Waals surface area contributed by atoms with Gasteiger partial charge in [0.15, 0.2) is 17.3 Å². The molecule has 0 spiro atoms. The average Bonchev–Trinajstić information content (AvgIpc) is 3.38. The van der Waals surface area contributed by atoms with Gasteiger partial charge in [-0.2, -0.15) is 9.50 Å². The van der Waals surface area contributed by atoms with Crippen LogP contribution in [0, 0.1) is 13.8 Å². The second kappa shape index (κ2) is 9.11. The predicted molar refractivity (Wildman–Crippen MR) is 135 cm³/mol. The molecule has 0 amide bonds. The van der Waals surface area contributed by atoms with Crippen LogP contribution >= 0.6 is 11.3 Å². The molecule has 0 atom stereocenters. The van der Waals surface area contributed by atoms with Crippen molar-refractivity contribution in [3.05, 3.63) is 104 Å². The average molecular weight is 470 g/mol. The second-order valence-electron chi connectivity index (χ2n) is 8.05.